The van der Waals surface area contributed by atoms with Crippen LogP contribution in [-0.2, 0) is 10.8 Å². The first-order valence-electron chi connectivity index (χ1n) is 10.5. The minimum atomic E-state index is -0.0310. The minimum Gasteiger partial charge on any atom is -0.437 e. The number of hydrogen-bond donors (Lipinski definition) is 1. The molecule has 0 aliphatic carbocycles. The van der Waals surface area contributed by atoms with Crippen molar-refractivity contribution in [3.05, 3.63) is 71.9 Å². The van der Waals surface area contributed by atoms with E-state index in [9.17, 15) is 0 Å². The van der Waals surface area contributed by atoms with Crippen LogP contribution in [0.4, 0.5) is 10.8 Å². The van der Waals surface area contributed by atoms with Crippen LogP contribution in [0.5, 0.6) is 11.6 Å². The number of ether oxygens (including phenoxy) is 1. The van der Waals surface area contributed by atoms with Gasteiger partial charge in [0.05, 0.1) is 10.2 Å². The summed E-state index contributed by atoms with van der Waals surface area (Å²) in [5.74, 6) is 1.35. The third-order valence-electron chi connectivity index (χ3n) is 5.17. The van der Waals surface area contributed by atoms with Crippen LogP contribution in [0.1, 0.15) is 52.7 Å². The van der Waals surface area contributed by atoms with Crippen molar-refractivity contribution in [3.63, 3.8) is 0 Å². The third-order valence-corrected chi connectivity index (χ3v) is 6.10. The first kappa shape index (κ1) is 21.3. The molecule has 31 heavy (non-hydrogen) atoms. The van der Waals surface area contributed by atoms with E-state index in [2.05, 4.69) is 76.1 Å². The lowest BCUT2D eigenvalue weighted by Crippen LogP contribution is -2.12. The van der Waals surface area contributed by atoms with Gasteiger partial charge in [-0.25, -0.2) is 9.97 Å². The summed E-state index contributed by atoms with van der Waals surface area (Å²) in [5.41, 5.74) is 4.31. The summed E-state index contributed by atoms with van der Waals surface area (Å²) >= 11 is 1.64. The van der Waals surface area contributed by atoms with Crippen molar-refractivity contribution < 1.29 is 4.74 Å². The Kier molecular flexibility index (Phi) is 5.48. The van der Waals surface area contributed by atoms with Gasteiger partial charge in [0.15, 0.2) is 5.13 Å². The van der Waals surface area contributed by atoms with E-state index in [1.165, 1.54) is 10.3 Å². The lowest BCUT2D eigenvalue weighted by molar-refractivity contribution is 0.442. The van der Waals surface area contributed by atoms with Crippen LogP contribution in [0.2, 0.25) is 0 Å². The van der Waals surface area contributed by atoms with Gasteiger partial charge in [-0.05, 0) is 46.7 Å². The molecule has 0 aliphatic heterocycles. The molecule has 2 heterocycles. The zero-order valence-electron chi connectivity index (χ0n) is 19.0. The molecule has 0 amide bonds. The number of pyridine rings is 1. The van der Waals surface area contributed by atoms with Crippen LogP contribution in [0.25, 0.3) is 10.2 Å². The number of anilines is 2. The Morgan fingerprint density at radius 3 is 2.39 bits per heavy atom. The van der Waals surface area contributed by atoms with Crippen LogP contribution in [-0.4, -0.2) is 9.97 Å². The molecule has 1 N–H and O–H groups in total. The number of benzene rings is 2. The molecule has 160 valence electrons. The third kappa shape index (κ3) is 4.72. The Bertz CT molecular complexity index is 1220. The van der Waals surface area contributed by atoms with E-state index in [4.69, 9.17) is 9.72 Å². The second-order valence-electron chi connectivity index (χ2n) is 9.78. The van der Waals surface area contributed by atoms with E-state index >= 15 is 0 Å². The largest absolute Gasteiger partial charge is 0.437 e. The highest BCUT2D eigenvalue weighted by Crippen LogP contribution is 2.38. The standard InChI is InChI=1S/C26H29N3OS/c1-25(2,3)17-13-14-19-22(16-17)31-24(28-19)29-20-11-9-15-27-23(20)30-21-12-8-7-10-18(21)26(4,5)6/h7-16H,1-6H3,(H,28,29). The monoisotopic (exact) mass is 431 g/mol. The highest BCUT2D eigenvalue weighted by atomic mass is 32.1. The van der Waals surface area contributed by atoms with Crippen molar-refractivity contribution in [1.82, 2.24) is 9.97 Å². The van der Waals surface area contributed by atoms with E-state index in [-0.39, 0.29) is 10.8 Å². The molecule has 4 nitrogen and oxygen atoms in total. The average Bonchev–Trinajstić information content (AvgIpc) is 3.10. The van der Waals surface area contributed by atoms with Crippen molar-refractivity contribution >= 4 is 32.4 Å². The van der Waals surface area contributed by atoms with Crippen LogP contribution in [0, 0.1) is 0 Å². The highest BCUT2D eigenvalue weighted by Gasteiger charge is 2.20. The molecule has 0 aliphatic rings. The number of nitrogens with one attached hydrogen (secondary N) is 1. The van der Waals surface area contributed by atoms with Gasteiger partial charge in [-0.1, -0.05) is 77.1 Å². The zero-order chi connectivity index (χ0) is 22.2. The van der Waals surface area contributed by atoms with E-state index in [1.807, 2.05) is 30.3 Å². The van der Waals surface area contributed by atoms with Gasteiger partial charge in [0.25, 0.3) is 0 Å². The molecule has 0 atom stereocenters. The summed E-state index contributed by atoms with van der Waals surface area (Å²) in [5, 5.41) is 4.24. The van der Waals surface area contributed by atoms with Gasteiger partial charge in [0.2, 0.25) is 5.88 Å². The van der Waals surface area contributed by atoms with Gasteiger partial charge >= 0.3 is 0 Å². The molecule has 0 radical (unpaired) electrons. The molecule has 4 rings (SSSR count). The summed E-state index contributed by atoms with van der Waals surface area (Å²) in [6.45, 7) is 13.2. The number of hydrogen-bond acceptors (Lipinski definition) is 5. The molecule has 2 aromatic carbocycles. The first-order valence-corrected chi connectivity index (χ1v) is 11.3. The van der Waals surface area contributed by atoms with Crippen LogP contribution >= 0.6 is 11.3 Å². The van der Waals surface area contributed by atoms with Crippen LogP contribution < -0.4 is 10.1 Å². The number of rotatable bonds is 4. The Morgan fingerprint density at radius 1 is 0.871 bits per heavy atom. The van der Waals surface area contributed by atoms with Gasteiger partial charge in [-0.3, -0.25) is 0 Å². The smallest absolute Gasteiger partial charge is 0.243 e. The summed E-state index contributed by atoms with van der Waals surface area (Å²) in [7, 11) is 0. The lowest BCUT2D eigenvalue weighted by atomic mass is 9.86. The van der Waals surface area contributed by atoms with E-state index in [1.54, 1.807) is 17.5 Å². The minimum absolute atomic E-state index is 0.0310. The maximum Gasteiger partial charge on any atom is 0.243 e. The average molecular weight is 432 g/mol. The zero-order valence-corrected chi connectivity index (χ0v) is 19.8. The molecule has 0 spiro atoms. The second kappa shape index (κ2) is 7.97. The van der Waals surface area contributed by atoms with Crippen molar-refractivity contribution in [2.45, 2.75) is 52.4 Å². The molecule has 0 bridgehead atoms. The summed E-state index contributed by atoms with van der Waals surface area (Å²) < 4.78 is 7.45. The molecule has 2 aromatic heterocycles. The molecule has 0 fully saturated rings. The SMILES string of the molecule is CC(C)(C)c1ccc2nc(Nc3cccnc3Oc3ccccc3C(C)(C)C)sc2c1. The Morgan fingerprint density at radius 2 is 1.65 bits per heavy atom. The van der Waals surface area contributed by atoms with Crippen molar-refractivity contribution in [2.75, 3.05) is 5.32 Å². The van der Waals surface area contributed by atoms with Crippen molar-refractivity contribution in [3.8, 4) is 11.6 Å². The Hall–Kier alpha value is -2.92. The molecular weight excluding hydrogens is 402 g/mol. The molecule has 0 unspecified atom stereocenters. The van der Waals surface area contributed by atoms with Gasteiger partial charge in [-0.2, -0.15) is 0 Å². The van der Waals surface area contributed by atoms with Crippen molar-refractivity contribution in [2.24, 2.45) is 0 Å². The Labute approximate surface area is 188 Å². The molecule has 0 saturated heterocycles. The number of nitrogens with zero attached hydrogens (tertiary/aromatic N) is 2. The second-order valence-corrected chi connectivity index (χ2v) is 10.8. The predicted molar refractivity (Wildman–Crippen MR) is 131 cm³/mol. The van der Waals surface area contributed by atoms with Gasteiger partial charge < -0.3 is 10.1 Å². The van der Waals surface area contributed by atoms with Gasteiger partial charge in [0, 0.05) is 11.8 Å². The topological polar surface area (TPSA) is 47.0 Å². The van der Waals surface area contributed by atoms with E-state index < -0.39 is 0 Å². The van der Waals surface area contributed by atoms with Crippen LogP contribution in [0.3, 0.4) is 0 Å². The van der Waals surface area contributed by atoms with Crippen molar-refractivity contribution in [1.29, 1.82) is 0 Å². The quantitative estimate of drug-likeness (QED) is 0.358. The molecule has 4 aromatic rings. The normalized spacial score (nSPS) is 12.2. The molecule has 0 saturated carbocycles. The lowest BCUT2D eigenvalue weighted by Gasteiger charge is -2.22. The number of thiazole rings is 1. The summed E-state index contributed by atoms with van der Waals surface area (Å²) in [6.07, 6.45) is 1.74. The number of para-hydroxylation sites is 1. The van der Waals surface area contributed by atoms with Gasteiger partial charge in [0.1, 0.15) is 11.4 Å². The maximum absolute atomic E-state index is 6.28. The summed E-state index contributed by atoms with van der Waals surface area (Å²) in [4.78, 5) is 9.25. The fourth-order valence-corrected chi connectivity index (χ4v) is 4.32. The fourth-order valence-electron chi connectivity index (χ4n) is 3.41. The van der Waals surface area contributed by atoms with E-state index in [0.29, 0.717) is 5.88 Å². The van der Waals surface area contributed by atoms with Gasteiger partial charge in [-0.15, -0.1) is 0 Å². The summed E-state index contributed by atoms with van der Waals surface area (Å²) in [6, 6.07) is 18.5. The fraction of sp³-hybridized carbons (Fsp3) is 0.308. The molecule has 5 heteroatoms. The predicted octanol–water partition coefficient (Wildman–Crippen LogP) is 7.82. The molecular formula is C26H29N3OS. The first-order chi connectivity index (χ1) is 14.6. The maximum atomic E-state index is 6.28. The highest BCUT2D eigenvalue weighted by molar-refractivity contribution is 7.22. The van der Waals surface area contributed by atoms with E-state index in [0.717, 1.165) is 27.6 Å². The Balaban J connectivity index is 1.65. The van der Waals surface area contributed by atoms with Crippen LogP contribution in [0.15, 0.2) is 60.8 Å². The number of fused-ring (bicyclic) bond motifs is 1. The number of aromatic nitrogens is 2.